The predicted octanol–water partition coefficient (Wildman–Crippen LogP) is 2.26. The van der Waals surface area contributed by atoms with Crippen LogP contribution < -0.4 is 10.1 Å². The molecule has 0 spiro atoms. The molecule has 1 N–H and O–H groups in total. The lowest BCUT2D eigenvalue weighted by molar-refractivity contribution is -0.122. The Labute approximate surface area is 112 Å². The Balaban J connectivity index is 1.97. The molecule has 0 saturated carbocycles. The van der Waals surface area contributed by atoms with Gasteiger partial charge >= 0.3 is 0 Å². The highest BCUT2D eigenvalue weighted by molar-refractivity contribution is 7.80. The van der Waals surface area contributed by atoms with Crippen molar-refractivity contribution >= 4 is 29.3 Å². The van der Waals surface area contributed by atoms with Crippen molar-refractivity contribution in [1.82, 2.24) is 5.32 Å². The van der Waals surface area contributed by atoms with Gasteiger partial charge in [0.15, 0.2) is 6.61 Å². The van der Waals surface area contributed by atoms with Crippen molar-refractivity contribution in [1.29, 1.82) is 0 Å². The van der Waals surface area contributed by atoms with Crippen molar-refractivity contribution in [3.63, 3.8) is 0 Å². The van der Waals surface area contributed by atoms with Crippen LogP contribution in [0.2, 0.25) is 0 Å². The minimum absolute atomic E-state index is 0.0338. The second kappa shape index (κ2) is 6.31. The third kappa shape index (κ3) is 3.40. The third-order valence-corrected chi connectivity index (χ3v) is 2.75. The van der Waals surface area contributed by atoms with Crippen LogP contribution in [0.15, 0.2) is 42.5 Å². The Morgan fingerprint density at radius 3 is 2.72 bits per heavy atom. The van der Waals surface area contributed by atoms with E-state index in [-0.39, 0.29) is 12.5 Å². The van der Waals surface area contributed by atoms with Gasteiger partial charge in [-0.25, -0.2) is 0 Å². The second-order valence-corrected chi connectivity index (χ2v) is 4.32. The first kappa shape index (κ1) is 12.8. The van der Waals surface area contributed by atoms with E-state index in [2.05, 4.69) is 17.9 Å². The zero-order valence-corrected chi connectivity index (χ0v) is 10.8. The lowest BCUT2D eigenvalue weighted by Crippen LogP contribution is -2.30. The molecule has 0 fully saturated rings. The van der Waals surface area contributed by atoms with E-state index in [1.165, 1.54) is 0 Å². The van der Waals surface area contributed by atoms with Crippen LogP contribution in [0.5, 0.6) is 5.75 Å². The molecular formula is C14H15NO2S. The van der Waals surface area contributed by atoms with Crippen molar-refractivity contribution < 1.29 is 9.53 Å². The normalized spacial score (nSPS) is 10.3. The summed E-state index contributed by atoms with van der Waals surface area (Å²) in [6.45, 7) is 0.592. The maximum atomic E-state index is 11.4. The van der Waals surface area contributed by atoms with Crippen LogP contribution in [0, 0.1) is 0 Å². The van der Waals surface area contributed by atoms with E-state index in [0.717, 1.165) is 10.8 Å². The molecule has 0 aliphatic carbocycles. The molecular weight excluding hydrogens is 246 g/mol. The van der Waals surface area contributed by atoms with Gasteiger partial charge in [-0.05, 0) is 22.9 Å². The topological polar surface area (TPSA) is 38.3 Å². The van der Waals surface area contributed by atoms with Gasteiger partial charge in [0.25, 0.3) is 5.91 Å². The minimum atomic E-state index is -0.128. The van der Waals surface area contributed by atoms with Crippen molar-refractivity contribution in [3.05, 3.63) is 42.5 Å². The molecule has 0 radical (unpaired) electrons. The zero-order valence-electron chi connectivity index (χ0n) is 9.93. The fourth-order valence-corrected chi connectivity index (χ4v) is 1.76. The quantitative estimate of drug-likeness (QED) is 0.810. The highest BCUT2D eigenvalue weighted by Crippen LogP contribution is 2.20. The summed E-state index contributed by atoms with van der Waals surface area (Å²) in [4.78, 5) is 11.4. The van der Waals surface area contributed by atoms with Gasteiger partial charge in [-0.3, -0.25) is 4.79 Å². The first-order chi connectivity index (χ1) is 8.79. The molecule has 2 aromatic rings. The van der Waals surface area contributed by atoms with Gasteiger partial charge < -0.3 is 10.1 Å². The van der Waals surface area contributed by atoms with Crippen molar-refractivity contribution in [3.8, 4) is 5.75 Å². The highest BCUT2D eigenvalue weighted by atomic mass is 32.1. The standard InChI is InChI=1S/C14H15NO2S/c16-14(15-7-8-18)10-17-13-6-5-11-3-1-2-4-12(11)9-13/h1-6,9,18H,7-8,10H2,(H,15,16). The minimum Gasteiger partial charge on any atom is -0.484 e. The van der Waals surface area contributed by atoms with Crippen LogP contribution in [-0.4, -0.2) is 24.8 Å². The highest BCUT2D eigenvalue weighted by Gasteiger charge is 2.02. The van der Waals surface area contributed by atoms with Crippen LogP contribution in [0.4, 0.5) is 0 Å². The number of carbonyl (C=O) groups is 1. The Morgan fingerprint density at radius 1 is 1.17 bits per heavy atom. The van der Waals surface area contributed by atoms with Gasteiger partial charge in [-0.1, -0.05) is 30.3 Å². The Morgan fingerprint density at radius 2 is 1.94 bits per heavy atom. The lowest BCUT2D eigenvalue weighted by Gasteiger charge is -2.07. The fraction of sp³-hybridized carbons (Fsp3) is 0.214. The summed E-state index contributed by atoms with van der Waals surface area (Å²) < 4.78 is 5.44. The van der Waals surface area contributed by atoms with Crippen molar-refractivity contribution in [2.45, 2.75) is 0 Å². The summed E-state index contributed by atoms with van der Waals surface area (Å²) in [5, 5.41) is 4.96. The molecule has 18 heavy (non-hydrogen) atoms. The summed E-state index contributed by atoms with van der Waals surface area (Å²) in [6, 6.07) is 13.8. The van der Waals surface area contributed by atoms with Crippen molar-refractivity contribution in [2.75, 3.05) is 18.9 Å². The van der Waals surface area contributed by atoms with Gasteiger partial charge in [0, 0.05) is 12.3 Å². The number of amides is 1. The molecule has 0 unspecified atom stereocenters. The van der Waals surface area contributed by atoms with Gasteiger partial charge in [0.1, 0.15) is 5.75 Å². The van der Waals surface area contributed by atoms with E-state index in [0.29, 0.717) is 18.0 Å². The largest absolute Gasteiger partial charge is 0.484 e. The van der Waals surface area contributed by atoms with Crippen LogP contribution >= 0.6 is 12.6 Å². The van der Waals surface area contributed by atoms with E-state index in [1.807, 2.05) is 42.5 Å². The molecule has 4 heteroatoms. The first-order valence-corrected chi connectivity index (χ1v) is 6.42. The number of carbonyl (C=O) groups excluding carboxylic acids is 1. The molecule has 0 saturated heterocycles. The Hall–Kier alpha value is -1.68. The summed E-state index contributed by atoms with van der Waals surface area (Å²) >= 11 is 4.02. The summed E-state index contributed by atoms with van der Waals surface area (Å²) in [6.07, 6.45) is 0. The van der Waals surface area contributed by atoms with Crippen LogP contribution in [-0.2, 0) is 4.79 Å². The molecule has 3 nitrogen and oxygen atoms in total. The summed E-state index contributed by atoms with van der Waals surface area (Å²) in [7, 11) is 0. The van der Waals surface area contributed by atoms with Gasteiger partial charge in [-0.15, -0.1) is 0 Å². The van der Waals surface area contributed by atoms with Crippen molar-refractivity contribution in [2.24, 2.45) is 0 Å². The van der Waals surface area contributed by atoms with Crippen LogP contribution in [0.1, 0.15) is 0 Å². The molecule has 94 valence electrons. The lowest BCUT2D eigenvalue weighted by atomic mass is 10.1. The third-order valence-electron chi connectivity index (χ3n) is 2.52. The molecule has 0 aliphatic rings. The maximum absolute atomic E-state index is 11.4. The zero-order chi connectivity index (χ0) is 12.8. The predicted molar refractivity (Wildman–Crippen MR) is 76.3 cm³/mol. The molecule has 0 bridgehead atoms. The number of ether oxygens (including phenoxy) is 1. The maximum Gasteiger partial charge on any atom is 0.257 e. The Kier molecular flexibility index (Phi) is 4.47. The second-order valence-electron chi connectivity index (χ2n) is 3.87. The number of fused-ring (bicyclic) bond motifs is 1. The van der Waals surface area contributed by atoms with Gasteiger partial charge in [0.05, 0.1) is 0 Å². The van der Waals surface area contributed by atoms with E-state index in [4.69, 9.17) is 4.74 Å². The van der Waals surface area contributed by atoms with Crippen LogP contribution in [0.25, 0.3) is 10.8 Å². The van der Waals surface area contributed by atoms with E-state index in [9.17, 15) is 4.79 Å². The average molecular weight is 261 g/mol. The summed E-state index contributed by atoms with van der Waals surface area (Å²) in [5.74, 6) is 1.20. The number of rotatable bonds is 5. The molecule has 2 rings (SSSR count). The monoisotopic (exact) mass is 261 g/mol. The molecule has 0 heterocycles. The van der Waals surface area contributed by atoms with Crippen LogP contribution in [0.3, 0.4) is 0 Å². The average Bonchev–Trinajstić information content (AvgIpc) is 2.42. The van der Waals surface area contributed by atoms with Gasteiger partial charge in [-0.2, -0.15) is 12.6 Å². The fourth-order valence-electron chi connectivity index (χ4n) is 1.65. The molecule has 0 aromatic heterocycles. The smallest absolute Gasteiger partial charge is 0.257 e. The molecule has 0 atom stereocenters. The number of thiol groups is 1. The van der Waals surface area contributed by atoms with Gasteiger partial charge in [0.2, 0.25) is 0 Å². The van der Waals surface area contributed by atoms with E-state index in [1.54, 1.807) is 0 Å². The number of nitrogens with one attached hydrogen (secondary N) is 1. The van der Waals surface area contributed by atoms with E-state index < -0.39 is 0 Å². The molecule has 1 amide bonds. The number of hydrogen-bond donors (Lipinski definition) is 2. The van der Waals surface area contributed by atoms with E-state index >= 15 is 0 Å². The molecule has 2 aromatic carbocycles. The Bertz CT molecular complexity index is 542. The summed E-state index contributed by atoms with van der Waals surface area (Å²) in [5.41, 5.74) is 0. The number of hydrogen-bond acceptors (Lipinski definition) is 3. The number of benzene rings is 2. The SMILES string of the molecule is O=C(COc1ccc2ccccc2c1)NCCS. The molecule has 0 aliphatic heterocycles. The first-order valence-electron chi connectivity index (χ1n) is 5.79.